The predicted octanol–water partition coefficient (Wildman–Crippen LogP) is 2.81. The number of benzene rings is 2. The molecule has 2 aliphatic rings. The van der Waals surface area contributed by atoms with E-state index in [1.807, 2.05) is 18.2 Å². The van der Waals surface area contributed by atoms with Crippen molar-refractivity contribution in [2.24, 2.45) is 11.7 Å². The van der Waals surface area contributed by atoms with Gasteiger partial charge in [-0.05, 0) is 80.1 Å². The lowest BCUT2D eigenvalue weighted by Gasteiger charge is -2.29. The standard InChI is InChI=1S/C25H32N4O4S/c1-18-11-14-29(15-12-18)34(32,33)22-9-7-20(8-10-22)25(31)27-21-5-2-4-19(16-21)17-28-13-3-6-23(28)24(26)30/h2,4-5,7-10,16,18,23H,3,6,11-15,17H2,1H3,(H2,26,30)(H,27,31). The molecule has 34 heavy (non-hydrogen) atoms. The summed E-state index contributed by atoms with van der Waals surface area (Å²) in [4.78, 5) is 26.7. The molecule has 9 heteroatoms. The summed E-state index contributed by atoms with van der Waals surface area (Å²) >= 11 is 0. The summed E-state index contributed by atoms with van der Waals surface area (Å²) < 4.78 is 27.3. The normalized spacial score (nSPS) is 20.3. The van der Waals surface area contributed by atoms with Crippen LogP contribution < -0.4 is 11.1 Å². The van der Waals surface area contributed by atoms with Crippen LogP contribution in [-0.2, 0) is 21.4 Å². The van der Waals surface area contributed by atoms with E-state index in [2.05, 4.69) is 17.1 Å². The second kappa shape index (κ2) is 10.2. The number of hydrogen-bond acceptors (Lipinski definition) is 5. The maximum Gasteiger partial charge on any atom is 0.255 e. The van der Waals surface area contributed by atoms with Gasteiger partial charge in [-0.2, -0.15) is 4.31 Å². The second-order valence-corrected chi connectivity index (χ2v) is 11.2. The molecule has 2 saturated heterocycles. The number of primary amides is 1. The fraction of sp³-hybridized carbons (Fsp3) is 0.440. The molecular formula is C25H32N4O4S. The third kappa shape index (κ3) is 5.48. The Balaban J connectivity index is 1.40. The summed E-state index contributed by atoms with van der Waals surface area (Å²) in [6.45, 7) is 4.59. The third-order valence-corrected chi connectivity index (χ3v) is 8.67. The number of carbonyl (C=O) groups is 2. The van der Waals surface area contributed by atoms with Crippen molar-refractivity contribution in [1.29, 1.82) is 0 Å². The molecule has 2 aliphatic heterocycles. The Morgan fingerprint density at radius 1 is 1.03 bits per heavy atom. The van der Waals surface area contributed by atoms with Crippen LogP contribution in [0.4, 0.5) is 5.69 Å². The molecule has 2 aromatic rings. The topological polar surface area (TPSA) is 113 Å². The van der Waals surface area contributed by atoms with Gasteiger partial charge in [0.2, 0.25) is 15.9 Å². The minimum Gasteiger partial charge on any atom is -0.368 e. The van der Waals surface area contributed by atoms with E-state index in [4.69, 9.17) is 5.73 Å². The molecule has 2 amide bonds. The van der Waals surface area contributed by atoms with Crippen molar-refractivity contribution in [2.45, 2.75) is 50.1 Å². The second-order valence-electron chi connectivity index (χ2n) is 9.30. The highest BCUT2D eigenvalue weighted by atomic mass is 32.2. The molecule has 2 aromatic carbocycles. The van der Waals surface area contributed by atoms with Crippen LogP contribution in [0.15, 0.2) is 53.4 Å². The molecule has 0 radical (unpaired) electrons. The van der Waals surface area contributed by atoms with Crippen LogP contribution in [0, 0.1) is 5.92 Å². The van der Waals surface area contributed by atoms with Gasteiger partial charge in [-0.15, -0.1) is 0 Å². The van der Waals surface area contributed by atoms with Gasteiger partial charge >= 0.3 is 0 Å². The lowest BCUT2D eigenvalue weighted by Crippen LogP contribution is -2.39. The minimum atomic E-state index is -3.55. The number of carbonyl (C=O) groups excluding carboxylic acids is 2. The molecule has 0 aliphatic carbocycles. The van der Waals surface area contributed by atoms with Crippen molar-refractivity contribution >= 4 is 27.5 Å². The first-order chi connectivity index (χ1) is 16.2. The van der Waals surface area contributed by atoms with Crippen LogP contribution in [0.1, 0.15) is 48.5 Å². The molecular weight excluding hydrogens is 452 g/mol. The highest BCUT2D eigenvalue weighted by Crippen LogP contribution is 2.24. The molecule has 182 valence electrons. The van der Waals surface area contributed by atoms with E-state index in [1.54, 1.807) is 18.2 Å². The zero-order valence-corrected chi connectivity index (χ0v) is 20.3. The lowest BCUT2D eigenvalue weighted by molar-refractivity contribution is -0.122. The SMILES string of the molecule is CC1CCN(S(=O)(=O)c2ccc(C(=O)Nc3cccc(CN4CCCC4C(N)=O)c3)cc2)CC1. The van der Waals surface area contributed by atoms with Crippen molar-refractivity contribution < 1.29 is 18.0 Å². The van der Waals surface area contributed by atoms with Crippen LogP contribution in [0.2, 0.25) is 0 Å². The molecule has 1 unspecified atom stereocenters. The van der Waals surface area contributed by atoms with Crippen LogP contribution in [-0.4, -0.2) is 55.1 Å². The van der Waals surface area contributed by atoms with Gasteiger partial charge in [0, 0.05) is 30.9 Å². The molecule has 8 nitrogen and oxygen atoms in total. The predicted molar refractivity (Wildman–Crippen MR) is 131 cm³/mol. The van der Waals surface area contributed by atoms with Crippen LogP contribution in [0.3, 0.4) is 0 Å². The molecule has 1 atom stereocenters. The van der Waals surface area contributed by atoms with Gasteiger partial charge in [0.05, 0.1) is 10.9 Å². The molecule has 2 fully saturated rings. The molecule has 0 bridgehead atoms. The highest BCUT2D eigenvalue weighted by molar-refractivity contribution is 7.89. The Labute approximate surface area is 201 Å². The average Bonchev–Trinajstić information content (AvgIpc) is 3.28. The summed E-state index contributed by atoms with van der Waals surface area (Å²) in [6.07, 6.45) is 3.43. The van der Waals surface area contributed by atoms with Crippen LogP contribution >= 0.6 is 0 Å². The van der Waals surface area contributed by atoms with Crippen molar-refractivity contribution in [3.63, 3.8) is 0 Å². The number of hydrogen-bond donors (Lipinski definition) is 2. The number of amides is 2. The number of likely N-dealkylation sites (tertiary alicyclic amines) is 1. The Bertz CT molecular complexity index is 1140. The lowest BCUT2D eigenvalue weighted by atomic mass is 10.0. The van der Waals surface area contributed by atoms with Crippen LogP contribution in [0.25, 0.3) is 0 Å². The zero-order chi connectivity index (χ0) is 24.3. The Morgan fingerprint density at radius 2 is 1.74 bits per heavy atom. The quantitative estimate of drug-likeness (QED) is 0.628. The average molecular weight is 485 g/mol. The fourth-order valence-electron chi connectivity index (χ4n) is 4.68. The molecule has 0 saturated carbocycles. The molecule has 3 N–H and O–H groups in total. The Hall–Kier alpha value is -2.75. The van der Waals surface area contributed by atoms with Gasteiger partial charge in [0.15, 0.2) is 0 Å². The molecule has 0 spiro atoms. The molecule has 4 rings (SSSR count). The Kier molecular flexibility index (Phi) is 7.35. The highest BCUT2D eigenvalue weighted by Gasteiger charge is 2.29. The monoisotopic (exact) mass is 484 g/mol. The summed E-state index contributed by atoms with van der Waals surface area (Å²) in [6, 6.07) is 13.3. The number of piperidine rings is 1. The minimum absolute atomic E-state index is 0.204. The first-order valence-corrected chi connectivity index (χ1v) is 13.2. The summed E-state index contributed by atoms with van der Waals surface area (Å²) in [7, 11) is -3.55. The van der Waals surface area contributed by atoms with E-state index >= 15 is 0 Å². The van der Waals surface area contributed by atoms with Gasteiger partial charge in [-0.1, -0.05) is 19.1 Å². The van der Waals surface area contributed by atoms with E-state index in [-0.39, 0.29) is 22.8 Å². The summed E-state index contributed by atoms with van der Waals surface area (Å²) in [5.74, 6) is -0.0812. The van der Waals surface area contributed by atoms with Gasteiger partial charge in [0.25, 0.3) is 5.91 Å². The Morgan fingerprint density at radius 3 is 2.41 bits per heavy atom. The van der Waals surface area contributed by atoms with E-state index < -0.39 is 10.0 Å². The number of nitrogens with zero attached hydrogens (tertiary/aromatic N) is 2. The largest absolute Gasteiger partial charge is 0.368 e. The maximum atomic E-state index is 12.9. The molecule has 2 heterocycles. The summed E-state index contributed by atoms with van der Waals surface area (Å²) in [5, 5.41) is 2.87. The maximum absolute atomic E-state index is 12.9. The first kappa shape index (κ1) is 24.4. The molecule has 0 aromatic heterocycles. The number of anilines is 1. The van der Waals surface area contributed by atoms with E-state index in [0.29, 0.717) is 36.8 Å². The zero-order valence-electron chi connectivity index (χ0n) is 19.4. The first-order valence-electron chi connectivity index (χ1n) is 11.8. The number of nitrogens with one attached hydrogen (secondary N) is 1. The van der Waals surface area contributed by atoms with Crippen LogP contribution in [0.5, 0.6) is 0 Å². The fourth-order valence-corrected chi connectivity index (χ4v) is 6.15. The van der Waals surface area contributed by atoms with E-state index in [9.17, 15) is 18.0 Å². The number of nitrogens with two attached hydrogens (primary N) is 1. The van der Waals surface area contributed by atoms with Gasteiger partial charge in [0.1, 0.15) is 0 Å². The number of rotatable bonds is 7. The van der Waals surface area contributed by atoms with Gasteiger partial charge in [-0.25, -0.2) is 8.42 Å². The van der Waals surface area contributed by atoms with E-state index in [1.165, 1.54) is 16.4 Å². The van der Waals surface area contributed by atoms with Crippen molar-refractivity contribution in [3.05, 3.63) is 59.7 Å². The van der Waals surface area contributed by atoms with Gasteiger partial charge in [-0.3, -0.25) is 14.5 Å². The van der Waals surface area contributed by atoms with Gasteiger partial charge < -0.3 is 11.1 Å². The van der Waals surface area contributed by atoms with E-state index in [0.717, 1.165) is 37.8 Å². The third-order valence-electron chi connectivity index (χ3n) is 6.76. The number of sulfonamides is 1. The summed E-state index contributed by atoms with van der Waals surface area (Å²) in [5.41, 5.74) is 7.50. The van der Waals surface area contributed by atoms with Crippen molar-refractivity contribution in [3.8, 4) is 0 Å². The smallest absolute Gasteiger partial charge is 0.255 e. The van der Waals surface area contributed by atoms with Crippen molar-refractivity contribution in [2.75, 3.05) is 25.0 Å². The van der Waals surface area contributed by atoms with Crippen molar-refractivity contribution in [1.82, 2.24) is 9.21 Å².